The highest BCUT2D eigenvalue weighted by Gasteiger charge is 2.19. The van der Waals surface area contributed by atoms with Crippen LogP contribution < -0.4 is 4.74 Å². The maximum absolute atomic E-state index is 13.2. The number of likely N-dealkylation sites (N-methyl/N-ethyl adjacent to an activating group) is 1. The lowest BCUT2D eigenvalue weighted by atomic mass is 9.98. The van der Waals surface area contributed by atoms with E-state index < -0.39 is 0 Å². The molecular weight excluding hydrogens is 492 g/mol. The van der Waals surface area contributed by atoms with Crippen molar-refractivity contribution >= 4 is 11.8 Å². The number of amides is 2. The maximum atomic E-state index is 13.2. The van der Waals surface area contributed by atoms with Gasteiger partial charge in [-0.1, -0.05) is 18.2 Å². The second kappa shape index (κ2) is 11.9. The number of carbonyl (C=O) groups excluding carboxylic acids is 2. The largest absolute Gasteiger partial charge is 0.491 e. The highest BCUT2D eigenvalue weighted by molar-refractivity contribution is 5.94. The summed E-state index contributed by atoms with van der Waals surface area (Å²) in [4.78, 5) is 38.2. The van der Waals surface area contributed by atoms with Gasteiger partial charge in [0, 0.05) is 69.7 Å². The second-order valence-corrected chi connectivity index (χ2v) is 9.81. The Kier molecular flexibility index (Phi) is 7.96. The summed E-state index contributed by atoms with van der Waals surface area (Å²) in [6, 6.07) is 13.7. The average Bonchev–Trinajstić information content (AvgIpc) is 3.38. The Morgan fingerprint density at radius 2 is 1.79 bits per heavy atom. The molecule has 0 fully saturated rings. The van der Waals surface area contributed by atoms with Gasteiger partial charge in [0.15, 0.2) is 0 Å². The molecule has 3 heterocycles. The van der Waals surface area contributed by atoms with Gasteiger partial charge in [-0.25, -0.2) is 9.97 Å². The Balaban J connectivity index is 1.41. The molecule has 9 nitrogen and oxygen atoms in total. The molecule has 200 valence electrons. The number of ether oxygens (including phenoxy) is 1. The monoisotopic (exact) mass is 524 g/mol. The van der Waals surface area contributed by atoms with Crippen LogP contribution in [0.15, 0.2) is 73.6 Å². The van der Waals surface area contributed by atoms with Gasteiger partial charge in [-0.15, -0.1) is 0 Å². The van der Waals surface area contributed by atoms with Crippen molar-refractivity contribution in [3.63, 3.8) is 0 Å². The Bertz CT molecular complexity index is 1450. The molecule has 2 amide bonds. The van der Waals surface area contributed by atoms with Gasteiger partial charge >= 0.3 is 0 Å². The quantitative estimate of drug-likeness (QED) is 0.406. The molecule has 0 atom stereocenters. The summed E-state index contributed by atoms with van der Waals surface area (Å²) in [5.74, 6) is 0.713. The van der Waals surface area contributed by atoms with Gasteiger partial charge in [-0.05, 0) is 52.9 Å². The Hall–Kier alpha value is -4.53. The molecule has 9 heteroatoms. The van der Waals surface area contributed by atoms with Crippen molar-refractivity contribution in [1.29, 1.82) is 0 Å². The summed E-state index contributed by atoms with van der Waals surface area (Å²) in [7, 11) is 3.64. The van der Waals surface area contributed by atoms with Gasteiger partial charge in [0.2, 0.25) is 5.91 Å². The molecule has 5 rings (SSSR count). The number of hydrogen-bond donors (Lipinski definition) is 0. The minimum atomic E-state index is -0.0664. The van der Waals surface area contributed by atoms with Crippen molar-refractivity contribution in [3.8, 4) is 16.9 Å². The van der Waals surface area contributed by atoms with Crippen LogP contribution in [0, 0.1) is 0 Å². The predicted octanol–water partition coefficient (Wildman–Crippen LogP) is 3.39. The van der Waals surface area contributed by atoms with E-state index in [-0.39, 0.29) is 11.8 Å². The fourth-order valence-corrected chi connectivity index (χ4v) is 4.75. The van der Waals surface area contributed by atoms with Crippen LogP contribution in [0.25, 0.3) is 11.1 Å². The van der Waals surface area contributed by atoms with Gasteiger partial charge < -0.3 is 14.5 Å². The number of carbonyl (C=O) groups is 2. The normalized spacial score (nSPS) is 14.4. The van der Waals surface area contributed by atoms with Crippen molar-refractivity contribution in [3.05, 3.63) is 95.8 Å². The van der Waals surface area contributed by atoms with Crippen LogP contribution in [-0.4, -0.2) is 74.7 Å². The number of aromatic nitrogens is 4. The second-order valence-electron chi connectivity index (χ2n) is 9.81. The number of hydrogen-bond acceptors (Lipinski definition) is 6. The molecule has 0 saturated heterocycles. The lowest BCUT2D eigenvalue weighted by Gasteiger charge is -2.27. The molecule has 4 aromatic rings. The molecule has 0 radical (unpaired) electrons. The standard InChI is InChI=1S/C30H32N6O3/c1-34-10-11-36(29(37)9-6-23-17-33-35(2)20-23)12-13-39-28-8-7-24(27-18-31-21-32-19-27)16-26(28)15-22-4-3-5-25(14-22)30(34)38/h3-5,7-8,14,16-21H,6,9-13,15H2,1-2H3. The van der Waals surface area contributed by atoms with Crippen LogP contribution >= 0.6 is 0 Å². The first-order valence-electron chi connectivity index (χ1n) is 13.1. The van der Waals surface area contributed by atoms with Crippen molar-refractivity contribution in [2.24, 2.45) is 7.05 Å². The van der Waals surface area contributed by atoms with Crippen LogP contribution in [0.3, 0.4) is 0 Å². The third kappa shape index (κ3) is 6.49. The molecule has 0 N–H and O–H groups in total. The number of aryl methyl sites for hydroxylation is 2. The van der Waals surface area contributed by atoms with Crippen LogP contribution in [0.5, 0.6) is 5.75 Å². The summed E-state index contributed by atoms with van der Waals surface area (Å²) in [5.41, 5.74) is 5.54. The molecule has 2 bridgehead atoms. The summed E-state index contributed by atoms with van der Waals surface area (Å²) < 4.78 is 8.01. The van der Waals surface area contributed by atoms with E-state index in [4.69, 9.17) is 4.74 Å². The first-order chi connectivity index (χ1) is 19.0. The zero-order valence-electron chi connectivity index (χ0n) is 22.3. The predicted molar refractivity (Wildman–Crippen MR) is 147 cm³/mol. The summed E-state index contributed by atoms with van der Waals surface area (Å²) in [5, 5.41) is 4.19. The van der Waals surface area contributed by atoms with E-state index in [2.05, 4.69) is 21.1 Å². The fraction of sp³-hybridized carbons (Fsp3) is 0.300. The molecule has 1 aliphatic rings. The molecule has 39 heavy (non-hydrogen) atoms. The highest BCUT2D eigenvalue weighted by Crippen LogP contribution is 2.28. The van der Waals surface area contributed by atoms with Crippen molar-refractivity contribution in [2.45, 2.75) is 19.3 Å². The fourth-order valence-electron chi connectivity index (χ4n) is 4.75. The van der Waals surface area contributed by atoms with Crippen molar-refractivity contribution < 1.29 is 14.3 Å². The lowest BCUT2D eigenvalue weighted by molar-refractivity contribution is -0.131. The van der Waals surface area contributed by atoms with E-state index >= 15 is 0 Å². The van der Waals surface area contributed by atoms with E-state index in [0.717, 1.165) is 33.6 Å². The van der Waals surface area contributed by atoms with Gasteiger partial charge in [0.25, 0.3) is 5.91 Å². The van der Waals surface area contributed by atoms with Crippen molar-refractivity contribution in [2.75, 3.05) is 33.3 Å². The minimum absolute atomic E-state index is 0.0250. The topological polar surface area (TPSA) is 93.4 Å². The van der Waals surface area contributed by atoms with Gasteiger partial charge in [0.05, 0.1) is 12.7 Å². The number of fused-ring (bicyclic) bond motifs is 3. The summed E-state index contributed by atoms with van der Waals surface area (Å²) in [6.07, 6.45) is 10.3. The first kappa shape index (κ1) is 26.1. The third-order valence-corrected chi connectivity index (χ3v) is 6.93. The maximum Gasteiger partial charge on any atom is 0.253 e. The van der Waals surface area contributed by atoms with E-state index in [1.165, 1.54) is 6.33 Å². The Morgan fingerprint density at radius 3 is 2.59 bits per heavy atom. The molecule has 1 aliphatic heterocycles. The number of nitrogens with zero attached hydrogens (tertiary/aromatic N) is 6. The van der Waals surface area contributed by atoms with Crippen molar-refractivity contribution in [1.82, 2.24) is 29.5 Å². The van der Waals surface area contributed by atoms with Gasteiger partial charge in [-0.3, -0.25) is 14.3 Å². The molecule has 0 aliphatic carbocycles. The number of benzene rings is 2. The molecule has 2 aromatic carbocycles. The molecule has 0 unspecified atom stereocenters. The lowest BCUT2D eigenvalue weighted by Crippen LogP contribution is -2.41. The van der Waals surface area contributed by atoms with Gasteiger partial charge in [-0.2, -0.15) is 5.10 Å². The van der Waals surface area contributed by atoms with Gasteiger partial charge in [0.1, 0.15) is 18.7 Å². The summed E-state index contributed by atoms with van der Waals surface area (Å²) >= 11 is 0. The smallest absolute Gasteiger partial charge is 0.253 e. The highest BCUT2D eigenvalue weighted by atomic mass is 16.5. The van der Waals surface area contributed by atoms with E-state index in [9.17, 15) is 9.59 Å². The molecule has 0 spiro atoms. The molecule has 2 aromatic heterocycles. The Morgan fingerprint density at radius 1 is 0.949 bits per heavy atom. The van der Waals surface area contributed by atoms with Crippen LogP contribution in [-0.2, 0) is 24.7 Å². The Labute approximate surface area is 228 Å². The zero-order chi connectivity index (χ0) is 27.2. The SMILES string of the molecule is CN1CCN(C(=O)CCc2cnn(C)c2)CCOc2ccc(-c3cncnc3)cc2Cc2cccc(c2)C1=O. The number of rotatable bonds is 4. The van der Waals surface area contributed by atoms with E-state index in [0.29, 0.717) is 51.1 Å². The minimum Gasteiger partial charge on any atom is -0.491 e. The molecular formula is C30H32N6O3. The van der Waals surface area contributed by atoms with Crippen LogP contribution in [0.2, 0.25) is 0 Å². The van der Waals surface area contributed by atoms with Crippen LogP contribution in [0.1, 0.15) is 33.5 Å². The first-order valence-corrected chi connectivity index (χ1v) is 13.1. The summed E-state index contributed by atoms with van der Waals surface area (Å²) in [6.45, 7) is 1.63. The zero-order valence-corrected chi connectivity index (χ0v) is 22.3. The van der Waals surface area contributed by atoms with E-state index in [1.807, 2.05) is 49.6 Å². The molecule has 0 saturated carbocycles. The average molecular weight is 525 g/mol. The van der Waals surface area contributed by atoms with E-state index in [1.54, 1.807) is 40.1 Å². The third-order valence-electron chi connectivity index (χ3n) is 6.93. The van der Waals surface area contributed by atoms with Crippen LogP contribution in [0.4, 0.5) is 0 Å².